The fourth-order valence-corrected chi connectivity index (χ4v) is 5.25. The van der Waals surface area contributed by atoms with Gasteiger partial charge in [0, 0.05) is 17.6 Å². The molecule has 7 nitrogen and oxygen atoms in total. The molecule has 1 aliphatic heterocycles. The first kappa shape index (κ1) is 21.6. The average molecular weight is 483 g/mol. The molecule has 0 aliphatic carbocycles. The minimum absolute atomic E-state index is 0.181. The molecule has 1 fully saturated rings. The molecule has 1 N–H and O–H groups in total. The first-order valence-electron chi connectivity index (χ1n) is 9.13. The molecule has 1 aliphatic rings. The molecule has 1 saturated heterocycles. The van der Waals surface area contributed by atoms with E-state index in [1.807, 2.05) is 6.07 Å². The van der Waals surface area contributed by atoms with Gasteiger partial charge in [0.05, 0.1) is 19.1 Å². The highest BCUT2D eigenvalue weighted by atomic mass is 79.9. The van der Waals surface area contributed by atoms with Gasteiger partial charge in [0.2, 0.25) is 15.9 Å². The van der Waals surface area contributed by atoms with E-state index in [-0.39, 0.29) is 17.3 Å². The number of halogens is 1. The van der Waals surface area contributed by atoms with Crippen LogP contribution in [0.2, 0.25) is 0 Å². The van der Waals surface area contributed by atoms with Crippen LogP contribution in [0.5, 0.6) is 11.5 Å². The summed E-state index contributed by atoms with van der Waals surface area (Å²) in [7, 11) is -0.636. The molecule has 0 aromatic heterocycles. The molecule has 9 heteroatoms. The first-order chi connectivity index (χ1) is 13.9. The minimum Gasteiger partial charge on any atom is -0.493 e. The monoisotopic (exact) mass is 482 g/mol. The van der Waals surface area contributed by atoms with Gasteiger partial charge in [0.15, 0.2) is 11.5 Å². The summed E-state index contributed by atoms with van der Waals surface area (Å²) in [6.45, 7) is 0.592. The van der Waals surface area contributed by atoms with Crippen LogP contribution in [-0.2, 0) is 21.4 Å². The third kappa shape index (κ3) is 4.73. The molecule has 29 heavy (non-hydrogen) atoms. The van der Waals surface area contributed by atoms with E-state index >= 15 is 0 Å². The third-order valence-electron chi connectivity index (χ3n) is 4.84. The van der Waals surface area contributed by atoms with Gasteiger partial charge in [0.1, 0.15) is 6.04 Å². The van der Waals surface area contributed by atoms with Crippen LogP contribution in [0, 0.1) is 0 Å². The van der Waals surface area contributed by atoms with E-state index < -0.39 is 16.1 Å². The van der Waals surface area contributed by atoms with E-state index in [4.69, 9.17) is 9.47 Å². The van der Waals surface area contributed by atoms with E-state index in [0.717, 1.165) is 10.0 Å². The van der Waals surface area contributed by atoms with E-state index in [1.54, 1.807) is 38.5 Å². The Labute approximate surface area is 179 Å². The van der Waals surface area contributed by atoms with Crippen molar-refractivity contribution < 1.29 is 22.7 Å². The smallest absolute Gasteiger partial charge is 0.243 e. The lowest BCUT2D eigenvalue weighted by atomic mass is 10.1. The van der Waals surface area contributed by atoms with Crippen molar-refractivity contribution in [2.75, 3.05) is 20.8 Å². The normalized spacial score (nSPS) is 17.1. The van der Waals surface area contributed by atoms with Gasteiger partial charge in [-0.05, 0) is 54.8 Å². The number of carbonyl (C=O) groups is 1. The SMILES string of the molecule is COc1ccc(CNC(=O)C2CCCN2S(=O)(=O)c2ccc(Br)cc2)cc1OC. The number of amides is 1. The Morgan fingerprint density at radius 2 is 1.83 bits per heavy atom. The number of hydrogen-bond donors (Lipinski definition) is 1. The number of benzene rings is 2. The van der Waals surface area contributed by atoms with Gasteiger partial charge >= 0.3 is 0 Å². The van der Waals surface area contributed by atoms with Crippen LogP contribution in [0.1, 0.15) is 18.4 Å². The summed E-state index contributed by atoms with van der Waals surface area (Å²) in [5.74, 6) is 0.864. The maximum atomic E-state index is 13.0. The summed E-state index contributed by atoms with van der Waals surface area (Å²) in [4.78, 5) is 12.9. The summed E-state index contributed by atoms with van der Waals surface area (Å²) in [5, 5.41) is 2.84. The lowest BCUT2D eigenvalue weighted by Crippen LogP contribution is -2.45. The van der Waals surface area contributed by atoms with Crippen molar-refractivity contribution in [2.45, 2.75) is 30.3 Å². The Balaban J connectivity index is 1.71. The standard InChI is InChI=1S/C20H23BrN2O5S/c1-27-18-10-5-14(12-19(18)28-2)13-22-20(24)17-4-3-11-23(17)29(25,26)16-8-6-15(21)7-9-16/h5-10,12,17H,3-4,11,13H2,1-2H3,(H,22,24). The van der Waals surface area contributed by atoms with Crippen molar-refractivity contribution in [1.82, 2.24) is 9.62 Å². The number of nitrogens with one attached hydrogen (secondary N) is 1. The van der Waals surface area contributed by atoms with Gasteiger partial charge in [0.25, 0.3) is 0 Å². The molecule has 0 radical (unpaired) electrons. The molecule has 1 heterocycles. The van der Waals surface area contributed by atoms with Crippen molar-refractivity contribution >= 4 is 31.9 Å². The van der Waals surface area contributed by atoms with Gasteiger partial charge in [-0.1, -0.05) is 22.0 Å². The van der Waals surface area contributed by atoms with E-state index in [2.05, 4.69) is 21.2 Å². The topological polar surface area (TPSA) is 84.9 Å². The lowest BCUT2D eigenvalue weighted by molar-refractivity contribution is -0.124. The highest BCUT2D eigenvalue weighted by Crippen LogP contribution is 2.29. The molecule has 2 aromatic rings. The number of sulfonamides is 1. The summed E-state index contributed by atoms with van der Waals surface area (Å²) < 4.78 is 38.5. The van der Waals surface area contributed by atoms with Crippen molar-refractivity contribution in [3.63, 3.8) is 0 Å². The molecule has 1 unspecified atom stereocenters. The Hall–Kier alpha value is -2.10. The molecule has 3 rings (SSSR count). The summed E-state index contributed by atoms with van der Waals surface area (Å²) in [6.07, 6.45) is 1.14. The molecular weight excluding hydrogens is 460 g/mol. The molecule has 0 spiro atoms. The molecular formula is C20H23BrN2O5S. The van der Waals surface area contributed by atoms with Gasteiger partial charge < -0.3 is 14.8 Å². The number of carbonyl (C=O) groups excluding carboxylic acids is 1. The van der Waals surface area contributed by atoms with Crippen LogP contribution in [0.3, 0.4) is 0 Å². The van der Waals surface area contributed by atoms with Crippen molar-refractivity contribution in [2.24, 2.45) is 0 Å². The molecule has 1 atom stereocenters. The van der Waals surface area contributed by atoms with Gasteiger partial charge in [-0.15, -0.1) is 0 Å². The predicted molar refractivity (Wildman–Crippen MR) is 112 cm³/mol. The second-order valence-corrected chi connectivity index (χ2v) is 9.44. The van der Waals surface area contributed by atoms with Crippen molar-refractivity contribution in [3.05, 3.63) is 52.5 Å². The number of rotatable bonds is 7. The van der Waals surface area contributed by atoms with E-state index in [1.165, 1.54) is 16.4 Å². The van der Waals surface area contributed by atoms with E-state index in [9.17, 15) is 13.2 Å². The molecule has 2 aromatic carbocycles. The van der Waals surface area contributed by atoms with Crippen LogP contribution in [-0.4, -0.2) is 45.4 Å². The van der Waals surface area contributed by atoms with Crippen molar-refractivity contribution in [1.29, 1.82) is 0 Å². The minimum atomic E-state index is -3.74. The average Bonchev–Trinajstić information content (AvgIpc) is 3.23. The fourth-order valence-electron chi connectivity index (χ4n) is 3.33. The van der Waals surface area contributed by atoms with Crippen molar-refractivity contribution in [3.8, 4) is 11.5 Å². The fraction of sp³-hybridized carbons (Fsp3) is 0.350. The van der Waals surface area contributed by atoms with Crippen LogP contribution in [0.4, 0.5) is 0 Å². The van der Waals surface area contributed by atoms with Crippen LogP contribution < -0.4 is 14.8 Å². The Kier molecular flexibility index (Phi) is 6.81. The number of hydrogen-bond acceptors (Lipinski definition) is 5. The zero-order chi connectivity index (χ0) is 21.0. The molecule has 1 amide bonds. The molecule has 0 bridgehead atoms. The largest absolute Gasteiger partial charge is 0.493 e. The van der Waals surface area contributed by atoms with Gasteiger partial charge in [-0.25, -0.2) is 8.42 Å². The molecule has 0 saturated carbocycles. The maximum Gasteiger partial charge on any atom is 0.243 e. The van der Waals surface area contributed by atoms with Crippen LogP contribution in [0.15, 0.2) is 51.8 Å². The number of methoxy groups -OCH3 is 2. The highest BCUT2D eigenvalue weighted by molar-refractivity contribution is 9.10. The highest BCUT2D eigenvalue weighted by Gasteiger charge is 2.39. The van der Waals surface area contributed by atoms with Gasteiger partial charge in [-0.3, -0.25) is 4.79 Å². The summed E-state index contributed by atoms with van der Waals surface area (Å²) in [5.41, 5.74) is 0.830. The van der Waals surface area contributed by atoms with E-state index in [0.29, 0.717) is 30.9 Å². The second kappa shape index (κ2) is 9.15. The summed E-state index contributed by atoms with van der Waals surface area (Å²) >= 11 is 3.30. The number of ether oxygens (including phenoxy) is 2. The van der Waals surface area contributed by atoms with Crippen LogP contribution in [0.25, 0.3) is 0 Å². The molecule has 156 valence electrons. The maximum absolute atomic E-state index is 13.0. The zero-order valence-corrected chi connectivity index (χ0v) is 18.6. The Morgan fingerprint density at radius 3 is 2.48 bits per heavy atom. The summed E-state index contributed by atoms with van der Waals surface area (Å²) in [6, 6.07) is 11.1. The van der Waals surface area contributed by atoms with Gasteiger partial charge in [-0.2, -0.15) is 4.31 Å². The quantitative estimate of drug-likeness (QED) is 0.655. The van der Waals surface area contributed by atoms with Crippen LogP contribution >= 0.6 is 15.9 Å². The zero-order valence-electron chi connectivity index (χ0n) is 16.2. The Bertz CT molecular complexity index is 979. The Morgan fingerprint density at radius 1 is 1.14 bits per heavy atom. The number of nitrogens with zero attached hydrogens (tertiary/aromatic N) is 1. The third-order valence-corrected chi connectivity index (χ3v) is 7.29. The lowest BCUT2D eigenvalue weighted by Gasteiger charge is -2.23. The second-order valence-electron chi connectivity index (χ2n) is 6.63. The predicted octanol–water partition coefficient (Wildman–Crippen LogP) is 2.94. The first-order valence-corrected chi connectivity index (χ1v) is 11.4.